The van der Waals surface area contributed by atoms with Crippen molar-refractivity contribution < 1.29 is 13.6 Å². The van der Waals surface area contributed by atoms with Gasteiger partial charge in [-0.25, -0.2) is 13.8 Å². The number of halogens is 2. The Balaban J connectivity index is 1.77. The lowest BCUT2D eigenvalue weighted by Crippen LogP contribution is -2.12. The number of hydrogen-bond acceptors (Lipinski definition) is 4. The van der Waals surface area contributed by atoms with Crippen molar-refractivity contribution in [3.8, 4) is 0 Å². The first kappa shape index (κ1) is 17.0. The Kier molecular flexibility index (Phi) is 4.76. The van der Waals surface area contributed by atoms with E-state index in [9.17, 15) is 13.6 Å². The number of carbonyl (C=O) groups excluding carboxylic acids is 1. The van der Waals surface area contributed by atoms with Crippen molar-refractivity contribution in [2.75, 3.05) is 10.6 Å². The van der Waals surface area contributed by atoms with Crippen LogP contribution in [0.25, 0.3) is 0 Å². The van der Waals surface area contributed by atoms with Gasteiger partial charge in [-0.2, -0.15) is 0 Å². The van der Waals surface area contributed by atoms with Crippen LogP contribution in [0.1, 0.15) is 20.9 Å². The molecular weight excluding hydrogens is 344 g/mol. The smallest absolute Gasteiger partial charge is 0.267 e. The van der Waals surface area contributed by atoms with Crippen molar-refractivity contribution in [2.45, 2.75) is 13.8 Å². The maximum absolute atomic E-state index is 13.9. The first-order chi connectivity index (χ1) is 11.9. The number of amides is 1. The fourth-order valence-corrected chi connectivity index (χ4v) is 3.10. The predicted octanol–water partition coefficient (Wildman–Crippen LogP) is 5.03. The fraction of sp³-hybridized carbons (Fsp3) is 0.111. The molecule has 0 saturated carbocycles. The maximum Gasteiger partial charge on any atom is 0.267 e. The van der Waals surface area contributed by atoms with Gasteiger partial charge in [0.1, 0.15) is 16.5 Å². The highest BCUT2D eigenvalue weighted by atomic mass is 32.1. The van der Waals surface area contributed by atoms with E-state index in [1.165, 1.54) is 24.3 Å². The van der Waals surface area contributed by atoms with Gasteiger partial charge in [-0.05, 0) is 55.8 Å². The average Bonchev–Trinajstić information content (AvgIpc) is 2.93. The molecule has 0 atom stereocenters. The summed E-state index contributed by atoms with van der Waals surface area (Å²) in [5, 5.41) is 6.07. The maximum atomic E-state index is 13.9. The third-order valence-electron chi connectivity index (χ3n) is 3.47. The van der Waals surface area contributed by atoms with Crippen LogP contribution < -0.4 is 10.6 Å². The number of nitrogens with zero attached hydrogens (tertiary/aromatic N) is 1. The minimum atomic E-state index is -0.486. The minimum absolute atomic E-state index is 0.122. The Hall–Kier alpha value is -2.80. The van der Waals surface area contributed by atoms with E-state index < -0.39 is 11.7 Å². The molecule has 4 nitrogen and oxygen atoms in total. The zero-order chi connectivity index (χ0) is 18.0. The number of benzene rings is 2. The van der Waals surface area contributed by atoms with Crippen LogP contribution in [0.5, 0.6) is 0 Å². The largest absolute Gasteiger partial charge is 0.332 e. The first-order valence-electron chi connectivity index (χ1n) is 7.50. The Bertz CT molecular complexity index is 923. The molecule has 1 amide bonds. The van der Waals surface area contributed by atoms with E-state index >= 15 is 0 Å². The van der Waals surface area contributed by atoms with Gasteiger partial charge in [-0.15, -0.1) is 0 Å². The summed E-state index contributed by atoms with van der Waals surface area (Å²) in [6.45, 7) is 3.47. The van der Waals surface area contributed by atoms with Gasteiger partial charge in [-0.3, -0.25) is 4.79 Å². The van der Waals surface area contributed by atoms with Crippen LogP contribution in [0.2, 0.25) is 0 Å². The van der Waals surface area contributed by atoms with E-state index in [-0.39, 0.29) is 11.5 Å². The molecule has 3 aromatic rings. The van der Waals surface area contributed by atoms with Gasteiger partial charge in [0.25, 0.3) is 5.91 Å². The van der Waals surface area contributed by atoms with Gasteiger partial charge < -0.3 is 10.6 Å². The van der Waals surface area contributed by atoms with Crippen molar-refractivity contribution >= 4 is 33.8 Å². The van der Waals surface area contributed by atoms with Crippen LogP contribution >= 0.6 is 11.3 Å². The van der Waals surface area contributed by atoms with Gasteiger partial charge in [0, 0.05) is 5.69 Å². The van der Waals surface area contributed by atoms with Crippen LogP contribution in [-0.2, 0) is 0 Å². The highest BCUT2D eigenvalue weighted by Gasteiger charge is 2.17. The lowest BCUT2D eigenvalue weighted by Gasteiger charge is -2.06. The molecule has 0 aliphatic rings. The molecular formula is C18H15F2N3OS. The number of aromatic nitrogens is 1. The molecule has 0 radical (unpaired) electrons. The molecule has 7 heteroatoms. The predicted molar refractivity (Wildman–Crippen MR) is 95.6 cm³/mol. The monoisotopic (exact) mass is 359 g/mol. The minimum Gasteiger partial charge on any atom is -0.332 e. The van der Waals surface area contributed by atoms with Crippen molar-refractivity contribution in [3.05, 3.63) is 70.2 Å². The van der Waals surface area contributed by atoms with E-state index in [0.717, 1.165) is 16.9 Å². The third kappa shape index (κ3) is 4.00. The molecule has 0 spiro atoms. The molecule has 25 heavy (non-hydrogen) atoms. The number of anilines is 3. The number of aryl methyl sites for hydroxylation is 2. The Morgan fingerprint density at radius 2 is 1.80 bits per heavy atom. The summed E-state index contributed by atoms with van der Waals surface area (Å²) >= 11 is 1.14. The number of rotatable bonds is 4. The van der Waals surface area contributed by atoms with Crippen LogP contribution in [0, 0.1) is 25.5 Å². The Morgan fingerprint density at radius 3 is 2.48 bits per heavy atom. The summed E-state index contributed by atoms with van der Waals surface area (Å²) in [6, 6.07) is 10.4. The second-order valence-electron chi connectivity index (χ2n) is 5.50. The summed E-state index contributed by atoms with van der Waals surface area (Å²) in [6.07, 6.45) is 0. The quantitative estimate of drug-likeness (QED) is 0.687. The molecule has 2 aromatic carbocycles. The molecule has 128 valence electrons. The molecule has 0 bridgehead atoms. The standard InChI is InChI=1S/C18H15F2N3OS/c1-10-3-8-15(14(20)9-10)23-17(24)16-11(2)21-18(25-16)22-13-6-4-12(19)5-7-13/h3-9H,1-2H3,(H,21,22)(H,23,24). The van der Waals surface area contributed by atoms with Crippen molar-refractivity contribution in [1.29, 1.82) is 0 Å². The summed E-state index contributed by atoms with van der Waals surface area (Å²) in [4.78, 5) is 17.1. The normalized spacial score (nSPS) is 10.6. The molecule has 0 aliphatic heterocycles. The lowest BCUT2D eigenvalue weighted by molar-refractivity contribution is 0.102. The molecule has 2 N–H and O–H groups in total. The number of hydrogen-bond donors (Lipinski definition) is 2. The van der Waals surface area contributed by atoms with E-state index in [4.69, 9.17) is 0 Å². The van der Waals surface area contributed by atoms with Gasteiger partial charge in [0.15, 0.2) is 5.13 Å². The Labute approximate surface area is 147 Å². The topological polar surface area (TPSA) is 54.0 Å². The highest BCUT2D eigenvalue weighted by Crippen LogP contribution is 2.27. The van der Waals surface area contributed by atoms with Gasteiger partial charge in [0.2, 0.25) is 0 Å². The van der Waals surface area contributed by atoms with Crippen LogP contribution in [0.15, 0.2) is 42.5 Å². The van der Waals surface area contributed by atoms with E-state index in [1.54, 1.807) is 32.0 Å². The van der Waals surface area contributed by atoms with Crippen molar-refractivity contribution in [3.63, 3.8) is 0 Å². The molecule has 1 aromatic heterocycles. The fourth-order valence-electron chi connectivity index (χ4n) is 2.22. The van der Waals surface area contributed by atoms with E-state index in [0.29, 0.717) is 21.4 Å². The van der Waals surface area contributed by atoms with Gasteiger partial charge >= 0.3 is 0 Å². The summed E-state index contributed by atoms with van der Waals surface area (Å²) in [5.74, 6) is -1.24. The molecule has 0 unspecified atom stereocenters. The average molecular weight is 359 g/mol. The Morgan fingerprint density at radius 1 is 1.08 bits per heavy atom. The number of carbonyl (C=O) groups is 1. The summed E-state index contributed by atoms with van der Waals surface area (Å²) in [5.41, 5.74) is 2.08. The zero-order valence-electron chi connectivity index (χ0n) is 13.6. The number of nitrogens with one attached hydrogen (secondary N) is 2. The van der Waals surface area contributed by atoms with Gasteiger partial charge in [0.05, 0.1) is 11.4 Å². The van der Waals surface area contributed by atoms with Crippen LogP contribution in [-0.4, -0.2) is 10.9 Å². The summed E-state index contributed by atoms with van der Waals surface area (Å²) < 4.78 is 26.8. The van der Waals surface area contributed by atoms with Crippen molar-refractivity contribution in [2.24, 2.45) is 0 Å². The number of thiazole rings is 1. The zero-order valence-corrected chi connectivity index (χ0v) is 14.4. The molecule has 0 saturated heterocycles. The summed E-state index contributed by atoms with van der Waals surface area (Å²) in [7, 11) is 0. The van der Waals surface area contributed by atoms with E-state index in [2.05, 4.69) is 15.6 Å². The molecule has 0 fully saturated rings. The lowest BCUT2D eigenvalue weighted by atomic mass is 10.2. The highest BCUT2D eigenvalue weighted by molar-refractivity contribution is 7.17. The van der Waals surface area contributed by atoms with Gasteiger partial charge in [-0.1, -0.05) is 17.4 Å². The first-order valence-corrected chi connectivity index (χ1v) is 8.31. The second kappa shape index (κ2) is 6.98. The third-order valence-corrected chi connectivity index (χ3v) is 4.54. The molecule has 0 aliphatic carbocycles. The SMILES string of the molecule is Cc1ccc(NC(=O)c2sc(Nc3ccc(F)cc3)nc2C)c(F)c1. The van der Waals surface area contributed by atoms with E-state index in [1.807, 2.05) is 0 Å². The van der Waals surface area contributed by atoms with Crippen LogP contribution in [0.3, 0.4) is 0 Å². The van der Waals surface area contributed by atoms with Crippen LogP contribution in [0.4, 0.5) is 25.3 Å². The molecule has 1 heterocycles. The van der Waals surface area contributed by atoms with Crippen molar-refractivity contribution in [1.82, 2.24) is 4.98 Å². The molecule has 3 rings (SSSR count). The second-order valence-corrected chi connectivity index (χ2v) is 6.50.